The van der Waals surface area contributed by atoms with E-state index in [-0.39, 0.29) is 12.4 Å². The van der Waals surface area contributed by atoms with Crippen molar-refractivity contribution >= 4 is 45.1 Å². The number of hydrogen-bond donors (Lipinski definition) is 1. The van der Waals surface area contributed by atoms with Gasteiger partial charge in [-0.25, -0.2) is 9.97 Å². The number of nitrogens with two attached hydrogens (primary N) is 1. The third-order valence-corrected chi connectivity index (χ3v) is 3.06. The molecule has 1 aromatic heterocycles. The zero-order chi connectivity index (χ0) is 13.7. The third kappa shape index (κ3) is 4.47. The molecule has 0 radical (unpaired) electrons. The Labute approximate surface area is 132 Å². The van der Waals surface area contributed by atoms with E-state index >= 15 is 0 Å². The minimum atomic E-state index is 0. The second-order valence-corrected chi connectivity index (χ2v) is 4.99. The van der Waals surface area contributed by atoms with Gasteiger partial charge in [0, 0.05) is 9.86 Å². The molecule has 5 heteroatoms. The van der Waals surface area contributed by atoms with Gasteiger partial charge in [0.1, 0.15) is 12.1 Å². The summed E-state index contributed by atoms with van der Waals surface area (Å²) in [4.78, 5) is 7.97. The fourth-order valence-corrected chi connectivity index (χ4v) is 1.94. The Morgan fingerprint density at radius 1 is 1.00 bits per heavy atom. The first-order chi connectivity index (χ1) is 9.16. The number of fused-ring (bicyclic) bond motifs is 1. The fourth-order valence-electron chi connectivity index (χ4n) is 1.58. The van der Waals surface area contributed by atoms with Crippen LogP contribution in [0, 0.1) is 6.92 Å². The van der Waals surface area contributed by atoms with Crippen LogP contribution < -0.4 is 5.73 Å². The molecule has 0 unspecified atom stereocenters. The normalized spacial score (nSPS) is 9.30. The number of benzene rings is 2. The summed E-state index contributed by atoms with van der Waals surface area (Å²) in [6.07, 6.45) is 1.46. The first-order valence-corrected chi connectivity index (χ1v) is 6.63. The van der Waals surface area contributed by atoms with Gasteiger partial charge in [-0.15, -0.1) is 12.4 Å². The summed E-state index contributed by atoms with van der Waals surface area (Å²) in [7, 11) is 0. The largest absolute Gasteiger partial charge is 0.383 e. The number of anilines is 1. The van der Waals surface area contributed by atoms with E-state index in [1.165, 1.54) is 11.9 Å². The Morgan fingerprint density at radius 2 is 1.70 bits per heavy atom. The van der Waals surface area contributed by atoms with Gasteiger partial charge in [-0.05, 0) is 25.1 Å². The van der Waals surface area contributed by atoms with Crippen molar-refractivity contribution < 1.29 is 0 Å². The Morgan fingerprint density at radius 3 is 2.30 bits per heavy atom. The van der Waals surface area contributed by atoms with Crippen LogP contribution in [0.25, 0.3) is 10.9 Å². The van der Waals surface area contributed by atoms with Gasteiger partial charge in [0.25, 0.3) is 0 Å². The second-order valence-electron chi connectivity index (χ2n) is 4.08. The number of aromatic nitrogens is 2. The van der Waals surface area contributed by atoms with Crippen molar-refractivity contribution in [2.75, 3.05) is 5.73 Å². The molecule has 0 saturated heterocycles. The lowest BCUT2D eigenvalue weighted by Crippen LogP contribution is -1.92. The van der Waals surface area contributed by atoms with E-state index in [4.69, 9.17) is 5.73 Å². The Bertz CT molecular complexity index is 674. The highest BCUT2D eigenvalue weighted by Crippen LogP contribution is 2.20. The monoisotopic (exact) mass is 351 g/mol. The third-order valence-electron chi connectivity index (χ3n) is 2.57. The molecule has 0 atom stereocenters. The van der Waals surface area contributed by atoms with Crippen LogP contribution in [0.4, 0.5) is 5.82 Å². The molecule has 2 aromatic carbocycles. The molecule has 104 valence electrons. The van der Waals surface area contributed by atoms with Crippen molar-refractivity contribution in [1.82, 2.24) is 9.97 Å². The van der Waals surface area contributed by atoms with Crippen molar-refractivity contribution in [2.24, 2.45) is 0 Å². The van der Waals surface area contributed by atoms with Crippen molar-refractivity contribution in [1.29, 1.82) is 0 Å². The van der Waals surface area contributed by atoms with Gasteiger partial charge in [-0.2, -0.15) is 0 Å². The number of nitrogen functional groups attached to an aromatic ring is 1. The highest BCUT2D eigenvalue weighted by molar-refractivity contribution is 9.10. The molecule has 2 N–H and O–H groups in total. The van der Waals surface area contributed by atoms with Crippen LogP contribution in [0.5, 0.6) is 0 Å². The fraction of sp³-hybridized carbons (Fsp3) is 0.0667. The quantitative estimate of drug-likeness (QED) is 0.653. The summed E-state index contributed by atoms with van der Waals surface area (Å²) in [5.41, 5.74) is 7.84. The van der Waals surface area contributed by atoms with E-state index in [2.05, 4.69) is 45.0 Å². The molecule has 3 nitrogen and oxygen atoms in total. The highest BCUT2D eigenvalue weighted by Gasteiger charge is 1.99. The van der Waals surface area contributed by atoms with E-state index in [0.29, 0.717) is 5.82 Å². The lowest BCUT2D eigenvalue weighted by molar-refractivity contribution is 1.23. The summed E-state index contributed by atoms with van der Waals surface area (Å²) < 4.78 is 0.983. The van der Waals surface area contributed by atoms with Gasteiger partial charge >= 0.3 is 0 Å². The summed E-state index contributed by atoms with van der Waals surface area (Å²) in [6, 6.07) is 16.0. The Balaban J connectivity index is 0.000000216. The van der Waals surface area contributed by atoms with Crippen LogP contribution >= 0.6 is 28.3 Å². The molecule has 0 amide bonds. The van der Waals surface area contributed by atoms with Gasteiger partial charge in [0.2, 0.25) is 0 Å². The van der Waals surface area contributed by atoms with Gasteiger partial charge in [0.05, 0.1) is 5.52 Å². The molecular formula is C15H15BrClN3. The number of halogens is 2. The number of rotatable bonds is 0. The first kappa shape index (κ1) is 16.4. The zero-order valence-corrected chi connectivity index (χ0v) is 13.4. The van der Waals surface area contributed by atoms with Crippen LogP contribution in [0.15, 0.2) is 59.3 Å². The molecule has 20 heavy (non-hydrogen) atoms. The predicted octanol–water partition coefficient (Wildman–Crippen LogP) is 4.39. The van der Waals surface area contributed by atoms with Crippen LogP contribution in [0.1, 0.15) is 5.56 Å². The van der Waals surface area contributed by atoms with E-state index in [9.17, 15) is 0 Å². The summed E-state index contributed by atoms with van der Waals surface area (Å²) in [5.74, 6) is 0.515. The average molecular weight is 353 g/mol. The maximum atomic E-state index is 5.65. The predicted molar refractivity (Wildman–Crippen MR) is 90.1 cm³/mol. The van der Waals surface area contributed by atoms with E-state index in [0.717, 1.165) is 15.4 Å². The molecule has 1 heterocycles. The van der Waals surface area contributed by atoms with Crippen molar-refractivity contribution in [3.8, 4) is 0 Å². The molecule has 0 saturated carbocycles. The lowest BCUT2D eigenvalue weighted by Gasteiger charge is -1.99. The summed E-state index contributed by atoms with van der Waals surface area (Å²) >= 11 is 3.36. The maximum Gasteiger partial charge on any atom is 0.134 e. The Hall–Kier alpha value is -1.65. The van der Waals surface area contributed by atoms with Crippen LogP contribution in [-0.4, -0.2) is 9.97 Å². The molecule has 0 aliphatic rings. The van der Waals surface area contributed by atoms with Crippen LogP contribution in [0.3, 0.4) is 0 Å². The molecule has 0 aliphatic heterocycles. The number of aryl methyl sites for hydroxylation is 1. The second kappa shape index (κ2) is 7.82. The highest BCUT2D eigenvalue weighted by atomic mass is 79.9. The van der Waals surface area contributed by atoms with Gasteiger partial charge in [-0.3, -0.25) is 0 Å². The number of nitrogens with zero attached hydrogens (tertiary/aromatic N) is 2. The number of hydrogen-bond acceptors (Lipinski definition) is 3. The van der Waals surface area contributed by atoms with E-state index < -0.39 is 0 Å². The van der Waals surface area contributed by atoms with E-state index in [1.54, 1.807) is 0 Å². The average Bonchev–Trinajstić information content (AvgIpc) is 2.41. The molecular weight excluding hydrogens is 338 g/mol. The minimum absolute atomic E-state index is 0. The van der Waals surface area contributed by atoms with Crippen LogP contribution in [-0.2, 0) is 0 Å². The lowest BCUT2D eigenvalue weighted by atomic mass is 10.2. The maximum absolute atomic E-state index is 5.65. The zero-order valence-electron chi connectivity index (χ0n) is 11.0. The molecule has 3 aromatic rings. The van der Waals surface area contributed by atoms with Gasteiger partial charge in [-0.1, -0.05) is 51.8 Å². The summed E-state index contributed by atoms with van der Waals surface area (Å²) in [5, 5.41) is 0.881. The molecule has 0 aliphatic carbocycles. The molecule has 0 bridgehead atoms. The SMILES string of the molecule is Cc1ccccc1.Cl.Nc1ncnc2ccc(Br)cc12. The summed E-state index contributed by atoms with van der Waals surface area (Å²) in [6.45, 7) is 2.08. The minimum Gasteiger partial charge on any atom is -0.383 e. The molecule has 0 fully saturated rings. The smallest absolute Gasteiger partial charge is 0.134 e. The van der Waals surface area contributed by atoms with Gasteiger partial charge < -0.3 is 5.73 Å². The van der Waals surface area contributed by atoms with Crippen LogP contribution in [0.2, 0.25) is 0 Å². The van der Waals surface area contributed by atoms with Gasteiger partial charge in [0.15, 0.2) is 0 Å². The Kier molecular flexibility index (Phi) is 6.42. The topological polar surface area (TPSA) is 51.8 Å². The van der Waals surface area contributed by atoms with E-state index in [1.807, 2.05) is 36.4 Å². The molecule has 0 spiro atoms. The first-order valence-electron chi connectivity index (χ1n) is 5.84. The van der Waals surface area contributed by atoms with Crippen molar-refractivity contribution in [3.63, 3.8) is 0 Å². The van der Waals surface area contributed by atoms with Crippen molar-refractivity contribution in [3.05, 3.63) is 64.9 Å². The molecule has 3 rings (SSSR count). The van der Waals surface area contributed by atoms with Crippen molar-refractivity contribution in [2.45, 2.75) is 6.92 Å². The standard InChI is InChI=1S/C8H6BrN3.C7H8.ClH/c9-5-1-2-7-6(3-5)8(10)12-4-11-7;1-7-5-3-2-4-6-7;/h1-4H,(H2,10,11,12);2-6H,1H3;1H.